The van der Waals surface area contributed by atoms with E-state index in [2.05, 4.69) is 25.6 Å². The zero-order valence-corrected chi connectivity index (χ0v) is 16.5. The second-order valence-corrected chi connectivity index (χ2v) is 7.48. The first kappa shape index (κ1) is 18.7. The third kappa shape index (κ3) is 4.09. The number of carbonyl (C=O) groups is 1. The molecule has 3 aromatic heterocycles. The molecule has 10 heteroatoms. The molecule has 3 heterocycles. The van der Waals surface area contributed by atoms with Crippen LogP contribution in [0.4, 0.5) is 5.69 Å². The number of hydrogen-bond acceptors (Lipinski definition) is 6. The average molecular weight is 431 g/mol. The van der Waals surface area contributed by atoms with Crippen molar-refractivity contribution in [2.75, 3.05) is 11.1 Å². The number of thioether (sulfide) groups is 1. The Morgan fingerprint density at radius 3 is 2.79 bits per heavy atom. The van der Waals surface area contributed by atoms with E-state index in [9.17, 15) is 4.79 Å². The Hall–Kier alpha value is -2.68. The van der Waals surface area contributed by atoms with E-state index < -0.39 is 0 Å². The van der Waals surface area contributed by atoms with Gasteiger partial charge in [0, 0.05) is 23.6 Å². The van der Waals surface area contributed by atoms with Gasteiger partial charge >= 0.3 is 0 Å². The molecule has 0 radical (unpaired) electrons. The Balaban J connectivity index is 1.47. The van der Waals surface area contributed by atoms with Crippen LogP contribution in [0.2, 0.25) is 10.0 Å². The van der Waals surface area contributed by atoms with E-state index in [4.69, 9.17) is 23.2 Å². The maximum absolute atomic E-state index is 12.2. The third-order valence-corrected chi connectivity index (χ3v) is 5.37. The fourth-order valence-corrected chi connectivity index (χ4v) is 3.39. The number of nitrogens with zero attached hydrogens (tertiary/aromatic N) is 5. The van der Waals surface area contributed by atoms with E-state index in [1.807, 2.05) is 12.1 Å². The number of halogens is 2. The van der Waals surface area contributed by atoms with Gasteiger partial charge in [0.25, 0.3) is 0 Å². The number of rotatable bonds is 5. The highest BCUT2D eigenvalue weighted by molar-refractivity contribution is 7.99. The van der Waals surface area contributed by atoms with Gasteiger partial charge in [-0.1, -0.05) is 35.0 Å². The Morgan fingerprint density at radius 2 is 2.00 bits per heavy atom. The van der Waals surface area contributed by atoms with Gasteiger partial charge in [-0.15, -0.1) is 10.2 Å². The highest BCUT2D eigenvalue weighted by atomic mass is 35.5. The predicted octanol–water partition coefficient (Wildman–Crippen LogP) is 4.22. The molecule has 0 spiro atoms. The van der Waals surface area contributed by atoms with Crippen molar-refractivity contribution in [2.45, 2.75) is 5.03 Å². The molecule has 0 saturated heterocycles. The standard InChI is InChI=1S/C18H12Cl2N6OS/c19-13-4-3-12(8-14(13)20)22-16(27)10-28-17-6-5-15-23-24-18(26(15)25-17)11-2-1-7-21-9-11/h1-9H,10H2,(H,22,27). The van der Waals surface area contributed by atoms with Crippen molar-refractivity contribution in [3.8, 4) is 11.4 Å². The van der Waals surface area contributed by atoms with Gasteiger partial charge in [0.15, 0.2) is 11.5 Å². The van der Waals surface area contributed by atoms with Crippen LogP contribution in [-0.2, 0) is 4.79 Å². The van der Waals surface area contributed by atoms with E-state index >= 15 is 0 Å². The molecule has 1 aromatic carbocycles. The summed E-state index contributed by atoms with van der Waals surface area (Å²) in [5.74, 6) is 0.593. The smallest absolute Gasteiger partial charge is 0.234 e. The second-order valence-electron chi connectivity index (χ2n) is 5.67. The van der Waals surface area contributed by atoms with Crippen LogP contribution >= 0.6 is 35.0 Å². The van der Waals surface area contributed by atoms with Crippen LogP contribution in [0.15, 0.2) is 59.9 Å². The first-order valence-electron chi connectivity index (χ1n) is 8.11. The Labute approximate surface area is 174 Å². The number of carbonyl (C=O) groups excluding carboxylic acids is 1. The van der Waals surface area contributed by atoms with E-state index in [0.717, 1.165) is 5.56 Å². The minimum absolute atomic E-state index is 0.179. The van der Waals surface area contributed by atoms with Crippen LogP contribution in [0.3, 0.4) is 0 Å². The van der Waals surface area contributed by atoms with E-state index in [1.165, 1.54) is 11.8 Å². The van der Waals surface area contributed by atoms with E-state index in [1.54, 1.807) is 47.2 Å². The van der Waals surface area contributed by atoms with Gasteiger partial charge < -0.3 is 5.32 Å². The van der Waals surface area contributed by atoms with Crippen molar-refractivity contribution < 1.29 is 4.79 Å². The van der Waals surface area contributed by atoms with Crippen LogP contribution in [0.25, 0.3) is 17.0 Å². The summed E-state index contributed by atoms with van der Waals surface area (Å²) in [6, 6.07) is 12.2. The summed E-state index contributed by atoms with van der Waals surface area (Å²) in [7, 11) is 0. The zero-order chi connectivity index (χ0) is 19.5. The second kappa shape index (κ2) is 8.14. The molecule has 0 bridgehead atoms. The van der Waals surface area contributed by atoms with Gasteiger partial charge in [-0.05, 0) is 42.5 Å². The van der Waals surface area contributed by atoms with Gasteiger partial charge in [0.1, 0.15) is 5.03 Å². The molecule has 0 saturated carbocycles. The lowest BCUT2D eigenvalue weighted by Gasteiger charge is -2.06. The molecular weight excluding hydrogens is 419 g/mol. The summed E-state index contributed by atoms with van der Waals surface area (Å²) >= 11 is 13.1. The molecule has 140 valence electrons. The molecule has 0 atom stereocenters. The van der Waals surface area contributed by atoms with Crippen LogP contribution in [0.1, 0.15) is 0 Å². The average Bonchev–Trinajstić information content (AvgIpc) is 3.13. The summed E-state index contributed by atoms with van der Waals surface area (Å²) in [4.78, 5) is 16.3. The van der Waals surface area contributed by atoms with Gasteiger partial charge in [0.05, 0.1) is 15.8 Å². The molecule has 0 fully saturated rings. The van der Waals surface area contributed by atoms with Crippen molar-refractivity contribution in [3.05, 3.63) is 64.9 Å². The van der Waals surface area contributed by atoms with E-state index in [-0.39, 0.29) is 11.7 Å². The monoisotopic (exact) mass is 430 g/mol. The van der Waals surface area contributed by atoms with Crippen LogP contribution < -0.4 is 5.32 Å². The van der Waals surface area contributed by atoms with Gasteiger partial charge in [-0.3, -0.25) is 9.78 Å². The molecule has 0 unspecified atom stereocenters. The largest absolute Gasteiger partial charge is 0.325 e. The number of pyridine rings is 1. The lowest BCUT2D eigenvalue weighted by Crippen LogP contribution is -2.14. The molecule has 0 aliphatic rings. The van der Waals surface area contributed by atoms with Gasteiger partial charge in [-0.25, -0.2) is 0 Å². The molecule has 0 aliphatic carbocycles. The lowest BCUT2D eigenvalue weighted by atomic mass is 10.3. The molecule has 4 rings (SSSR count). The SMILES string of the molecule is O=C(CSc1ccc2nnc(-c3cccnc3)n2n1)Nc1ccc(Cl)c(Cl)c1. The Kier molecular flexibility index (Phi) is 5.43. The molecule has 0 aliphatic heterocycles. The quantitative estimate of drug-likeness (QED) is 0.477. The molecule has 7 nitrogen and oxygen atoms in total. The number of benzene rings is 1. The summed E-state index contributed by atoms with van der Waals surface area (Å²) in [6.45, 7) is 0. The number of amides is 1. The van der Waals surface area contributed by atoms with Crippen molar-refractivity contribution in [3.63, 3.8) is 0 Å². The van der Waals surface area contributed by atoms with Crippen LogP contribution in [0.5, 0.6) is 0 Å². The highest BCUT2D eigenvalue weighted by Crippen LogP contribution is 2.25. The topological polar surface area (TPSA) is 85.1 Å². The summed E-state index contributed by atoms with van der Waals surface area (Å²) < 4.78 is 1.64. The summed E-state index contributed by atoms with van der Waals surface area (Å²) in [6.07, 6.45) is 3.39. The first-order chi connectivity index (χ1) is 13.6. The first-order valence-corrected chi connectivity index (χ1v) is 9.85. The number of nitrogens with one attached hydrogen (secondary N) is 1. The zero-order valence-electron chi connectivity index (χ0n) is 14.2. The minimum atomic E-state index is -0.179. The Bertz CT molecular complexity index is 1150. The fourth-order valence-electron chi connectivity index (χ4n) is 2.43. The molecule has 4 aromatic rings. The molecule has 28 heavy (non-hydrogen) atoms. The highest BCUT2D eigenvalue weighted by Gasteiger charge is 2.11. The van der Waals surface area contributed by atoms with Crippen molar-refractivity contribution >= 4 is 52.2 Å². The number of hydrogen-bond donors (Lipinski definition) is 1. The normalized spacial score (nSPS) is 10.9. The minimum Gasteiger partial charge on any atom is -0.325 e. The van der Waals surface area contributed by atoms with Gasteiger partial charge in [0.2, 0.25) is 5.91 Å². The molecule has 1 N–H and O–H groups in total. The van der Waals surface area contributed by atoms with E-state index in [0.29, 0.717) is 32.2 Å². The van der Waals surface area contributed by atoms with Gasteiger partial charge in [-0.2, -0.15) is 9.61 Å². The molecular formula is C18H12Cl2N6OS. The maximum Gasteiger partial charge on any atom is 0.234 e. The summed E-state index contributed by atoms with van der Waals surface area (Å²) in [5, 5.41) is 17.1. The van der Waals surface area contributed by atoms with Crippen LogP contribution in [-0.4, -0.2) is 36.5 Å². The summed E-state index contributed by atoms with van der Waals surface area (Å²) in [5.41, 5.74) is 2.01. The lowest BCUT2D eigenvalue weighted by molar-refractivity contribution is -0.113. The third-order valence-electron chi connectivity index (χ3n) is 3.71. The number of anilines is 1. The predicted molar refractivity (Wildman–Crippen MR) is 110 cm³/mol. The van der Waals surface area contributed by atoms with Crippen molar-refractivity contribution in [2.24, 2.45) is 0 Å². The van der Waals surface area contributed by atoms with Crippen LogP contribution in [0, 0.1) is 0 Å². The Morgan fingerprint density at radius 1 is 1.11 bits per heavy atom. The van der Waals surface area contributed by atoms with Crippen molar-refractivity contribution in [1.29, 1.82) is 0 Å². The van der Waals surface area contributed by atoms with Crippen molar-refractivity contribution in [1.82, 2.24) is 24.8 Å². The molecule has 1 amide bonds. The fraction of sp³-hybridized carbons (Fsp3) is 0.0556. The number of aromatic nitrogens is 5. The number of fused-ring (bicyclic) bond motifs is 1. The maximum atomic E-state index is 12.2.